The van der Waals surface area contributed by atoms with Crippen LogP contribution in [0, 0.1) is 0 Å². The van der Waals surface area contributed by atoms with Crippen molar-refractivity contribution in [2.75, 3.05) is 7.11 Å². The van der Waals surface area contributed by atoms with Crippen LogP contribution in [0.1, 0.15) is 21.5 Å². The van der Waals surface area contributed by atoms with Crippen molar-refractivity contribution in [2.45, 2.75) is 13.1 Å². The highest BCUT2D eigenvalue weighted by molar-refractivity contribution is 6.05. The molecule has 0 spiro atoms. The van der Waals surface area contributed by atoms with E-state index in [9.17, 15) is 9.59 Å². The molecule has 0 atom stereocenters. The fraction of sp³-hybridized carbons (Fsp3) is 0.120. The molecule has 5 nitrogen and oxygen atoms in total. The molecule has 1 amide bonds. The molecule has 1 aromatic heterocycles. The van der Waals surface area contributed by atoms with Crippen LogP contribution in [0.2, 0.25) is 0 Å². The minimum atomic E-state index is -0.571. The first-order valence-electron chi connectivity index (χ1n) is 9.63. The SMILES string of the molecule is COc1ccc2c(C(=O)N(Cc3ccccc3)Cc3ccccc3)cc(=O)oc2c1. The first kappa shape index (κ1) is 19.5. The number of hydrogen-bond acceptors (Lipinski definition) is 4. The molecular formula is C25H21NO4. The Balaban J connectivity index is 1.76. The summed E-state index contributed by atoms with van der Waals surface area (Å²) in [6.45, 7) is 0.846. The summed E-state index contributed by atoms with van der Waals surface area (Å²) < 4.78 is 10.5. The molecule has 0 N–H and O–H groups in total. The highest BCUT2D eigenvalue weighted by atomic mass is 16.5. The molecule has 4 aromatic rings. The minimum Gasteiger partial charge on any atom is -0.497 e. The largest absolute Gasteiger partial charge is 0.497 e. The summed E-state index contributed by atoms with van der Waals surface area (Å²) in [4.78, 5) is 27.5. The van der Waals surface area contributed by atoms with Crippen molar-refractivity contribution >= 4 is 16.9 Å². The third kappa shape index (κ3) is 4.25. The van der Waals surface area contributed by atoms with E-state index in [1.54, 1.807) is 23.1 Å². The molecule has 0 saturated carbocycles. The Morgan fingerprint density at radius 3 is 2.03 bits per heavy atom. The van der Waals surface area contributed by atoms with E-state index in [4.69, 9.17) is 9.15 Å². The van der Waals surface area contributed by atoms with Crippen LogP contribution < -0.4 is 10.4 Å². The maximum Gasteiger partial charge on any atom is 0.337 e. The predicted molar refractivity (Wildman–Crippen MR) is 115 cm³/mol. The number of amides is 1. The normalized spacial score (nSPS) is 10.7. The minimum absolute atomic E-state index is 0.231. The zero-order valence-corrected chi connectivity index (χ0v) is 16.6. The van der Waals surface area contributed by atoms with E-state index in [1.165, 1.54) is 13.2 Å². The number of benzene rings is 3. The molecule has 0 fully saturated rings. The summed E-state index contributed by atoms with van der Waals surface area (Å²) in [5.41, 5.74) is 2.09. The maximum absolute atomic E-state index is 13.6. The fourth-order valence-corrected chi connectivity index (χ4v) is 3.42. The molecule has 1 heterocycles. The Kier molecular flexibility index (Phi) is 5.61. The van der Waals surface area contributed by atoms with Crippen molar-refractivity contribution in [1.29, 1.82) is 0 Å². The maximum atomic E-state index is 13.6. The quantitative estimate of drug-likeness (QED) is 0.443. The van der Waals surface area contributed by atoms with Gasteiger partial charge in [0.25, 0.3) is 5.91 Å². The number of methoxy groups -OCH3 is 1. The van der Waals surface area contributed by atoms with Gasteiger partial charge >= 0.3 is 5.63 Å². The highest BCUT2D eigenvalue weighted by Gasteiger charge is 2.21. The van der Waals surface area contributed by atoms with Gasteiger partial charge in [-0.05, 0) is 23.3 Å². The van der Waals surface area contributed by atoms with Crippen LogP contribution in [0.15, 0.2) is 94.1 Å². The molecule has 30 heavy (non-hydrogen) atoms. The topological polar surface area (TPSA) is 59.8 Å². The third-order valence-electron chi connectivity index (χ3n) is 4.90. The average Bonchev–Trinajstić information content (AvgIpc) is 2.78. The van der Waals surface area contributed by atoms with Crippen molar-refractivity contribution in [1.82, 2.24) is 4.90 Å². The molecule has 0 aliphatic rings. The van der Waals surface area contributed by atoms with Gasteiger partial charge in [-0.25, -0.2) is 4.79 Å². The predicted octanol–water partition coefficient (Wildman–Crippen LogP) is 4.64. The molecule has 0 radical (unpaired) electrons. The van der Waals surface area contributed by atoms with Gasteiger partial charge in [-0.2, -0.15) is 0 Å². The Morgan fingerprint density at radius 2 is 1.47 bits per heavy atom. The molecular weight excluding hydrogens is 378 g/mol. The molecule has 0 unspecified atom stereocenters. The van der Waals surface area contributed by atoms with Crippen LogP contribution >= 0.6 is 0 Å². The van der Waals surface area contributed by atoms with Crippen LogP contribution in [0.5, 0.6) is 5.75 Å². The average molecular weight is 399 g/mol. The van der Waals surface area contributed by atoms with Crippen LogP contribution in [0.3, 0.4) is 0 Å². The van der Waals surface area contributed by atoms with Gasteiger partial charge in [0.2, 0.25) is 0 Å². The number of nitrogens with zero attached hydrogens (tertiary/aromatic N) is 1. The first-order valence-corrected chi connectivity index (χ1v) is 9.63. The van der Waals surface area contributed by atoms with Crippen molar-refractivity contribution in [2.24, 2.45) is 0 Å². The molecule has 0 aliphatic heterocycles. The van der Waals surface area contributed by atoms with Crippen molar-refractivity contribution in [3.05, 3.63) is 112 Å². The lowest BCUT2D eigenvalue weighted by Crippen LogP contribution is -2.31. The summed E-state index contributed by atoms with van der Waals surface area (Å²) in [5, 5.41) is 0.575. The van der Waals surface area contributed by atoms with Crippen molar-refractivity contribution in [3.8, 4) is 5.75 Å². The monoisotopic (exact) mass is 399 g/mol. The number of fused-ring (bicyclic) bond motifs is 1. The molecule has 0 saturated heterocycles. The van der Waals surface area contributed by atoms with Gasteiger partial charge in [0.05, 0.1) is 12.7 Å². The zero-order chi connectivity index (χ0) is 20.9. The van der Waals surface area contributed by atoms with Gasteiger partial charge in [-0.1, -0.05) is 60.7 Å². The summed E-state index contributed by atoms with van der Waals surface area (Å²) >= 11 is 0. The lowest BCUT2D eigenvalue weighted by atomic mass is 10.1. The number of carbonyl (C=O) groups excluding carboxylic acids is 1. The summed E-state index contributed by atoms with van der Waals surface area (Å²) in [6.07, 6.45) is 0. The standard InChI is InChI=1S/C25H21NO4/c1-29-20-12-13-21-22(15-24(27)30-23(21)14-20)25(28)26(16-18-8-4-2-5-9-18)17-19-10-6-3-7-11-19/h2-15H,16-17H2,1H3. The van der Waals surface area contributed by atoms with E-state index >= 15 is 0 Å². The number of hydrogen-bond donors (Lipinski definition) is 0. The Bertz CT molecular complexity index is 1170. The molecule has 0 aliphatic carbocycles. The second-order valence-electron chi connectivity index (χ2n) is 6.97. The Hall–Kier alpha value is -3.86. The van der Waals surface area contributed by atoms with E-state index in [-0.39, 0.29) is 5.91 Å². The first-order chi connectivity index (χ1) is 14.6. The van der Waals surface area contributed by atoms with Crippen molar-refractivity contribution in [3.63, 3.8) is 0 Å². The van der Waals surface area contributed by atoms with E-state index in [0.717, 1.165) is 11.1 Å². The van der Waals surface area contributed by atoms with Gasteiger partial charge in [-0.15, -0.1) is 0 Å². The smallest absolute Gasteiger partial charge is 0.337 e. The second-order valence-corrected chi connectivity index (χ2v) is 6.97. The van der Waals surface area contributed by atoms with Crippen LogP contribution in [-0.4, -0.2) is 17.9 Å². The van der Waals surface area contributed by atoms with E-state index in [1.807, 2.05) is 60.7 Å². The lowest BCUT2D eigenvalue weighted by Gasteiger charge is -2.23. The molecule has 150 valence electrons. The van der Waals surface area contributed by atoms with Gasteiger partial charge in [0, 0.05) is 30.6 Å². The van der Waals surface area contributed by atoms with Gasteiger partial charge < -0.3 is 14.1 Å². The van der Waals surface area contributed by atoms with E-state index < -0.39 is 5.63 Å². The lowest BCUT2D eigenvalue weighted by molar-refractivity contribution is 0.0731. The Morgan fingerprint density at radius 1 is 0.867 bits per heavy atom. The van der Waals surface area contributed by atoms with Crippen LogP contribution in [0.25, 0.3) is 11.0 Å². The summed E-state index contributed by atoms with van der Waals surface area (Å²) in [6, 6.07) is 25.9. The number of carbonyl (C=O) groups is 1. The van der Waals surface area contributed by atoms with Gasteiger partial charge in [-0.3, -0.25) is 4.79 Å². The van der Waals surface area contributed by atoms with E-state index in [2.05, 4.69) is 0 Å². The summed E-state index contributed by atoms with van der Waals surface area (Å²) in [5.74, 6) is 0.325. The van der Waals surface area contributed by atoms with Crippen LogP contribution in [-0.2, 0) is 13.1 Å². The molecule has 4 rings (SSSR count). The third-order valence-corrected chi connectivity index (χ3v) is 4.90. The van der Waals surface area contributed by atoms with Gasteiger partial charge in [0.15, 0.2) is 0 Å². The van der Waals surface area contributed by atoms with E-state index in [0.29, 0.717) is 35.4 Å². The molecule has 5 heteroatoms. The van der Waals surface area contributed by atoms with Crippen LogP contribution in [0.4, 0.5) is 0 Å². The Labute approximate surface area is 174 Å². The number of rotatable bonds is 6. The van der Waals surface area contributed by atoms with Crippen molar-refractivity contribution < 1.29 is 13.9 Å². The second kappa shape index (κ2) is 8.66. The fourth-order valence-electron chi connectivity index (χ4n) is 3.42. The molecule has 3 aromatic carbocycles. The van der Waals surface area contributed by atoms with Gasteiger partial charge in [0.1, 0.15) is 11.3 Å². The zero-order valence-electron chi connectivity index (χ0n) is 16.6. The number of ether oxygens (including phenoxy) is 1. The summed E-state index contributed by atoms with van der Waals surface area (Å²) in [7, 11) is 1.54. The highest BCUT2D eigenvalue weighted by Crippen LogP contribution is 2.24. The molecule has 0 bridgehead atoms.